The molecule has 29 heavy (non-hydrogen) atoms. The number of benzene rings is 1. The summed E-state index contributed by atoms with van der Waals surface area (Å²) >= 11 is 0. The summed E-state index contributed by atoms with van der Waals surface area (Å²) in [5.41, 5.74) is 0.873. The molecule has 0 N–H and O–H groups in total. The van der Waals surface area contributed by atoms with Gasteiger partial charge in [-0.3, -0.25) is 24.1 Å². The monoisotopic (exact) mass is 402 g/mol. The molecule has 8 heteroatoms. The Bertz CT molecular complexity index is 828. The first-order chi connectivity index (χ1) is 13.8. The van der Waals surface area contributed by atoms with Crippen molar-refractivity contribution in [2.75, 3.05) is 31.1 Å². The molecule has 0 saturated carbocycles. The van der Waals surface area contributed by atoms with Gasteiger partial charge in [-0.1, -0.05) is 0 Å². The van der Waals surface area contributed by atoms with Crippen LogP contribution in [-0.2, 0) is 19.1 Å². The van der Waals surface area contributed by atoms with E-state index in [2.05, 4.69) is 0 Å². The van der Waals surface area contributed by atoms with E-state index < -0.39 is 6.10 Å². The van der Waals surface area contributed by atoms with Crippen molar-refractivity contribution in [2.24, 2.45) is 5.92 Å². The number of rotatable bonds is 5. The molecular formula is C21H26N2O6. The van der Waals surface area contributed by atoms with Crippen molar-refractivity contribution in [2.45, 2.75) is 39.7 Å². The van der Waals surface area contributed by atoms with Crippen molar-refractivity contribution in [3.8, 4) is 5.75 Å². The third-order valence-electron chi connectivity index (χ3n) is 5.33. The molecule has 1 aromatic rings. The molecule has 2 amide bonds. The van der Waals surface area contributed by atoms with Gasteiger partial charge in [0.05, 0.1) is 18.2 Å². The highest BCUT2D eigenvalue weighted by atomic mass is 16.5. The fourth-order valence-corrected chi connectivity index (χ4v) is 3.65. The number of Topliss-reactive ketones (excluding diaryl/α,β-unsaturated/α-hetero) is 1. The normalized spacial score (nSPS) is 19.4. The van der Waals surface area contributed by atoms with E-state index in [1.807, 2.05) is 0 Å². The minimum absolute atomic E-state index is 0.133. The second-order valence-corrected chi connectivity index (χ2v) is 7.33. The van der Waals surface area contributed by atoms with Crippen LogP contribution in [0, 0.1) is 5.92 Å². The molecule has 0 spiro atoms. The highest BCUT2D eigenvalue weighted by molar-refractivity contribution is 6.05. The van der Waals surface area contributed by atoms with Crippen molar-refractivity contribution in [3.05, 3.63) is 23.8 Å². The standard InChI is InChI=1S/C21H26N2O6/c1-4-28-21(27)15-7-9-22(10-8-15)19(25)12-23-17-11-16(13(2)24)5-6-18(17)29-14(3)20(23)26/h5-6,11,14-15H,4,7-10,12H2,1-3H3. The molecule has 0 radical (unpaired) electrons. The number of piperidine rings is 1. The zero-order valence-electron chi connectivity index (χ0n) is 17.0. The lowest BCUT2D eigenvalue weighted by atomic mass is 9.97. The Morgan fingerprint density at radius 3 is 2.52 bits per heavy atom. The molecule has 1 fully saturated rings. The van der Waals surface area contributed by atoms with Crippen LogP contribution in [0.1, 0.15) is 44.0 Å². The highest BCUT2D eigenvalue weighted by Gasteiger charge is 2.35. The second kappa shape index (κ2) is 8.63. The molecular weight excluding hydrogens is 376 g/mol. The Hall–Kier alpha value is -2.90. The summed E-state index contributed by atoms with van der Waals surface area (Å²) in [7, 11) is 0. The minimum atomic E-state index is -0.715. The predicted molar refractivity (Wildman–Crippen MR) is 105 cm³/mol. The highest BCUT2D eigenvalue weighted by Crippen LogP contribution is 2.35. The molecule has 156 valence electrons. The first kappa shape index (κ1) is 20.8. The van der Waals surface area contributed by atoms with Gasteiger partial charge in [-0.05, 0) is 51.8 Å². The predicted octanol–water partition coefficient (Wildman–Crippen LogP) is 1.80. The number of carbonyl (C=O) groups is 4. The molecule has 1 saturated heterocycles. The first-order valence-electron chi connectivity index (χ1n) is 9.89. The number of fused-ring (bicyclic) bond motifs is 1. The lowest BCUT2D eigenvalue weighted by Crippen LogP contribution is -2.51. The largest absolute Gasteiger partial charge is 0.479 e. The molecule has 1 aromatic carbocycles. The fourth-order valence-electron chi connectivity index (χ4n) is 3.65. The van der Waals surface area contributed by atoms with Gasteiger partial charge in [-0.2, -0.15) is 0 Å². The number of carbonyl (C=O) groups excluding carboxylic acids is 4. The fraction of sp³-hybridized carbons (Fsp3) is 0.524. The van der Waals surface area contributed by atoms with Gasteiger partial charge in [0.15, 0.2) is 11.9 Å². The summed E-state index contributed by atoms with van der Waals surface area (Å²) in [5.74, 6) is -0.602. The van der Waals surface area contributed by atoms with Gasteiger partial charge in [-0.25, -0.2) is 0 Å². The Labute approximate surface area is 169 Å². The van der Waals surface area contributed by atoms with Gasteiger partial charge >= 0.3 is 5.97 Å². The van der Waals surface area contributed by atoms with E-state index in [1.54, 1.807) is 36.9 Å². The molecule has 0 aliphatic carbocycles. The van der Waals surface area contributed by atoms with Gasteiger partial charge in [0.25, 0.3) is 5.91 Å². The number of amides is 2. The van der Waals surface area contributed by atoms with Crippen LogP contribution < -0.4 is 9.64 Å². The quantitative estimate of drug-likeness (QED) is 0.551. The molecule has 1 atom stereocenters. The van der Waals surface area contributed by atoms with E-state index >= 15 is 0 Å². The molecule has 0 aromatic heterocycles. The zero-order valence-corrected chi connectivity index (χ0v) is 17.0. The summed E-state index contributed by atoms with van der Waals surface area (Å²) in [6, 6.07) is 4.88. The van der Waals surface area contributed by atoms with Crippen molar-refractivity contribution >= 4 is 29.3 Å². The molecule has 0 bridgehead atoms. The van der Waals surface area contributed by atoms with Crippen LogP contribution in [0.4, 0.5) is 5.69 Å². The molecule has 2 aliphatic heterocycles. The molecule has 3 rings (SSSR count). The van der Waals surface area contributed by atoms with Crippen molar-refractivity contribution in [3.63, 3.8) is 0 Å². The number of hydrogen-bond acceptors (Lipinski definition) is 6. The molecule has 1 unspecified atom stereocenters. The summed E-state index contributed by atoms with van der Waals surface area (Å²) < 4.78 is 10.7. The Morgan fingerprint density at radius 2 is 1.90 bits per heavy atom. The van der Waals surface area contributed by atoms with E-state index in [4.69, 9.17) is 9.47 Å². The average molecular weight is 402 g/mol. The average Bonchev–Trinajstić information content (AvgIpc) is 2.71. The van der Waals surface area contributed by atoms with E-state index in [0.717, 1.165) is 0 Å². The number of ketones is 1. The van der Waals surface area contributed by atoms with Crippen LogP contribution in [0.2, 0.25) is 0 Å². The van der Waals surface area contributed by atoms with E-state index in [-0.39, 0.29) is 36.0 Å². The molecule has 2 aliphatic rings. The zero-order chi connectivity index (χ0) is 21.1. The van der Waals surface area contributed by atoms with E-state index in [9.17, 15) is 19.2 Å². The smallest absolute Gasteiger partial charge is 0.309 e. The van der Waals surface area contributed by atoms with Crippen LogP contribution >= 0.6 is 0 Å². The van der Waals surface area contributed by atoms with E-state index in [1.165, 1.54) is 11.8 Å². The second-order valence-electron chi connectivity index (χ2n) is 7.33. The summed E-state index contributed by atoms with van der Waals surface area (Å²) in [5, 5.41) is 0. The van der Waals surface area contributed by atoms with Crippen molar-refractivity contribution in [1.82, 2.24) is 4.90 Å². The summed E-state index contributed by atoms with van der Waals surface area (Å²) in [4.78, 5) is 52.2. The van der Waals surface area contributed by atoms with Crippen LogP contribution in [0.5, 0.6) is 5.75 Å². The van der Waals surface area contributed by atoms with Crippen LogP contribution in [0.3, 0.4) is 0 Å². The number of hydrogen-bond donors (Lipinski definition) is 0. The Morgan fingerprint density at radius 1 is 1.21 bits per heavy atom. The Kier molecular flexibility index (Phi) is 6.20. The Balaban J connectivity index is 1.72. The van der Waals surface area contributed by atoms with Crippen LogP contribution in [0.25, 0.3) is 0 Å². The maximum Gasteiger partial charge on any atom is 0.309 e. The van der Waals surface area contributed by atoms with Gasteiger partial charge in [0.1, 0.15) is 12.3 Å². The van der Waals surface area contributed by atoms with Gasteiger partial charge in [0.2, 0.25) is 5.91 Å². The maximum atomic E-state index is 12.9. The first-order valence-corrected chi connectivity index (χ1v) is 9.89. The summed E-state index contributed by atoms with van der Waals surface area (Å²) in [6.07, 6.45) is 0.375. The third kappa shape index (κ3) is 4.41. The van der Waals surface area contributed by atoms with Gasteiger partial charge in [-0.15, -0.1) is 0 Å². The van der Waals surface area contributed by atoms with E-state index in [0.29, 0.717) is 49.5 Å². The SMILES string of the molecule is CCOC(=O)C1CCN(C(=O)CN2C(=O)C(C)Oc3ccc(C(C)=O)cc32)CC1. The van der Waals surface area contributed by atoms with Gasteiger partial charge in [0, 0.05) is 18.7 Å². The minimum Gasteiger partial charge on any atom is -0.479 e. The lowest BCUT2D eigenvalue weighted by molar-refractivity contribution is -0.151. The van der Waals surface area contributed by atoms with Gasteiger partial charge < -0.3 is 14.4 Å². The number of nitrogens with zero attached hydrogens (tertiary/aromatic N) is 2. The molecule has 8 nitrogen and oxygen atoms in total. The van der Waals surface area contributed by atoms with Crippen LogP contribution in [-0.4, -0.2) is 60.8 Å². The molecule has 2 heterocycles. The summed E-state index contributed by atoms with van der Waals surface area (Å²) in [6.45, 7) is 5.94. The van der Waals surface area contributed by atoms with Crippen LogP contribution in [0.15, 0.2) is 18.2 Å². The number of anilines is 1. The van der Waals surface area contributed by atoms with Crippen molar-refractivity contribution in [1.29, 1.82) is 0 Å². The topological polar surface area (TPSA) is 93.2 Å². The number of likely N-dealkylation sites (tertiary alicyclic amines) is 1. The third-order valence-corrected chi connectivity index (χ3v) is 5.33. The van der Waals surface area contributed by atoms with Crippen molar-refractivity contribution < 1.29 is 28.7 Å². The number of esters is 1. The maximum absolute atomic E-state index is 12.9. The number of ether oxygens (including phenoxy) is 2. The lowest BCUT2D eigenvalue weighted by Gasteiger charge is -2.36.